The van der Waals surface area contributed by atoms with Gasteiger partial charge in [0.1, 0.15) is 23.4 Å². The van der Waals surface area contributed by atoms with Crippen molar-refractivity contribution in [2.75, 3.05) is 6.54 Å². The number of hydrogen-bond acceptors (Lipinski definition) is 5. The zero-order valence-corrected chi connectivity index (χ0v) is 15.6. The number of amides is 1. The van der Waals surface area contributed by atoms with Crippen LogP contribution in [0.2, 0.25) is 5.02 Å². The van der Waals surface area contributed by atoms with Crippen LogP contribution < -0.4 is 4.74 Å². The van der Waals surface area contributed by atoms with Crippen molar-refractivity contribution in [3.8, 4) is 5.75 Å². The SMILES string of the molecule is O=C(O)[C@H]1CCCCN1C(=O)Cc1csc(COc2ccc(Cl)cc2)n1. The molecular weight excluding hydrogens is 376 g/mol. The second-order valence-electron chi connectivity index (χ2n) is 6.09. The maximum absolute atomic E-state index is 12.5. The van der Waals surface area contributed by atoms with Gasteiger partial charge in [0, 0.05) is 16.9 Å². The van der Waals surface area contributed by atoms with E-state index >= 15 is 0 Å². The van der Waals surface area contributed by atoms with Gasteiger partial charge in [0.2, 0.25) is 5.91 Å². The third-order valence-corrected chi connectivity index (χ3v) is 5.34. The second kappa shape index (κ2) is 8.51. The number of thiazole rings is 1. The van der Waals surface area contributed by atoms with E-state index in [-0.39, 0.29) is 12.3 Å². The van der Waals surface area contributed by atoms with Crippen LogP contribution in [0.15, 0.2) is 29.6 Å². The van der Waals surface area contributed by atoms with E-state index in [0.717, 1.165) is 17.8 Å². The topological polar surface area (TPSA) is 79.7 Å². The van der Waals surface area contributed by atoms with Crippen LogP contribution in [0.4, 0.5) is 0 Å². The summed E-state index contributed by atoms with van der Waals surface area (Å²) in [6, 6.07) is 6.34. The first-order chi connectivity index (χ1) is 12.5. The summed E-state index contributed by atoms with van der Waals surface area (Å²) in [6.45, 7) is 0.800. The van der Waals surface area contributed by atoms with Crippen LogP contribution in [0.1, 0.15) is 30.0 Å². The number of aliphatic carboxylic acids is 1. The Morgan fingerprint density at radius 1 is 1.31 bits per heavy atom. The molecule has 1 atom stereocenters. The van der Waals surface area contributed by atoms with Crippen LogP contribution in [0.5, 0.6) is 5.75 Å². The monoisotopic (exact) mass is 394 g/mol. The molecule has 0 bridgehead atoms. The molecule has 8 heteroatoms. The summed E-state index contributed by atoms with van der Waals surface area (Å²) in [5.41, 5.74) is 0.643. The molecule has 1 N–H and O–H groups in total. The van der Waals surface area contributed by atoms with E-state index < -0.39 is 12.0 Å². The van der Waals surface area contributed by atoms with E-state index in [0.29, 0.717) is 36.0 Å². The molecule has 1 amide bonds. The number of rotatable bonds is 6. The minimum atomic E-state index is -0.937. The molecule has 0 aliphatic carbocycles. The highest BCUT2D eigenvalue weighted by Gasteiger charge is 2.31. The molecule has 0 radical (unpaired) electrons. The summed E-state index contributed by atoms with van der Waals surface area (Å²) in [4.78, 5) is 29.7. The highest BCUT2D eigenvalue weighted by Crippen LogP contribution is 2.21. The molecule has 0 spiro atoms. The summed E-state index contributed by atoms with van der Waals surface area (Å²) in [5.74, 6) is -0.430. The van der Waals surface area contributed by atoms with E-state index in [1.807, 2.05) is 5.38 Å². The third-order valence-electron chi connectivity index (χ3n) is 4.22. The number of carbonyl (C=O) groups excluding carboxylic acids is 1. The Labute approximate surface area is 160 Å². The molecule has 1 aliphatic rings. The standard InChI is InChI=1S/C18H19ClN2O4S/c19-12-4-6-14(7-5-12)25-10-16-20-13(11-26-16)9-17(22)21-8-2-1-3-15(21)18(23)24/h4-7,11,15H,1-3,8-10H2,(H,23,24)/t15-/m1/s1. The molecule has 0 unspecified atom stereocenters. The Morgan fingerprint density at radius 3 is 2.81 bits per heavy atom. The Bertz CT molecular complexity index is 778. The first-order valence-electron chi connectivity index (χ1n) is 8.37. The van der Waals surface area contributed by atoms with E-state index in [9.17, 15) is 14.7 Å². The second-order valence-corrected chi connectivity index (χ2v) is 7.47. The van der Waals surface area contributed by atoms with Crippen LogP contribution in [-0.2, 0) is 22.6 Å². The predicted molar refractivity (Wildman–Crippen MR) is 98.6 cm³/mol. The average Bonchev–Trinajstić information content (AvgIpc) is 3.08. The summed E-state index contributed by atoms with van der Waals surface area (Å²) in [7, 11) is 0. The molecular formula is C18H19ClN2O4S. The number of ether oxygens (including phenoxy) is 1. The van der Waals surface area contributed by atoms with Gasteiger partial charge in [-0.2, -0.15) is 0 Å². The van der Waals surface area contributed by atoms with Gasteiger partial charge in [-0.25, -0.2) is 9.78 Å². The number of aromatic nitrogens is 1. The number of piperidine rings is 1. The number of nitrogens with zero attached hydrogens (tertiary/aromatic N) is 2. The highest BCUT2D eigenvalue weighted by atomic mass is 35.5. The van der Waals surface area contributed by atoms with Gasteiger partial charge in [-0.1, -0.05) is 11.6 Å². The smallest absolute Gasteiger partial charge is 0.326 e. The van der Waals surface area contributed by atoms with Crippen molar-refractivity contribution >= 4 is 34.8 Å². The molecule has 0 saturated carbocycles. The zero-order valence-electron chi connectivity index (χ0n) is 14.1. The Morgan fingerprint density at radius 2 is 2.08 bits per heavy atom. The largest absolute Gasteiger partial charge is 0.486 e. The molecule has 6 nitrogen and oxygen atoms in total. The van der Waals surface area contributed by atoms with E-state index in [2.05, 4.69) is 4.98 Å². The molecule has 2 aromatic rings. The molecule has 26 heavy (non-hydrogen) atoms. The fourth-order valence-corrected chi connectivity index (χ4v) is 3.75. The lowest BCUT2D eigenvalue weighted by Gasteiger charge is -2.32. The zero-order chi connectivity index (χ0) is 18.5. The van der Waals surface area contributed by atoms with Crippen LogP contribution >= 0.6 is 22.9 Å². The number of halogens is 1. The third kappa shape index (κ3) is 4.74. The Balaban J connectivity index is 1.56. The van der Waals surface area contributed by atoms with Gasteiger partial charge >= 0.3 is 5.97 Å². The molecule has 3 rings (SSSR count). The summed E-state index contributed by atoms with van der Waals surface area (Å²) in [6.07, 6.45) is 2.30. The first kappa shape index (κ1) is 18.7. The Kier molecular flexibility index (Phi) is 6.11. The van der Waals surface area contributed by atoms with Crippen molar-refractivity contribution in [1.29, 1.82) is 0 Å². The quantitative estimate of drug-likeness (QED) is 0.812. The molecule has 1 aromatic heterocycles. The number of hydrogen-bond donors (Lipinski definition) is 1. The number of benzene rings is 1. The lowest BCUT2D eigenvalue weighted by molar-refractivity contribution is -0.151. The van der Waals surface area contributed by atoms with Gasteiger partial charge in [0.15, 0.2) is 0 Å². The van der Waals surface area contributed by atoms with Crippen LogP contribution in [0.25, 0.3) is 0 Å². The molecule has 1 aromatic carbocycles. The number of carboxylic acids is 1. The van der Waals surface area contributed by atoms with Crippen LogP contribution in [-0.4, -0.2) is 39.5 Å². The van der Waals surface area contributed by atoms with Crippen molar-refractivity contribution in [3.63, 3.8) is 0 Å². The molecule has 138 valence electrons. The lowest BCUT2D eigenvalue weighted by Crippen LogP contribution is -2.48. The van der Waals surface area contributed by atoms with Gasteiger partial charge < -0.3 is 14.7 Å². The number of carbonyl (C=O) groups is 2. The van der Waals surface area contributed by atoms with E-state index in [1.54, 1.807) is 24.3 Å². The first-order valence-corrected chi connectivity index (χ1v) is 9.62. The minimum absolute atomic E-state index is 0.112. The van der Waals surface area contributed by atoms with E-state index in [4.69, 9.17) is 16.3 Å². The Hall–Kier alpha value is -2.12. The maximum Gasteiger partial charge on any atom is 0.326 e. The van der Waals surface area contributed by atoms with Crippen LogP contribution in [0.3, 0.4) is 0 Å². The lowest BCUT2D eigenvalue weighted by atomic mass is 10.0. The van der Waals surface area contributed by atoms with Gasteiger partial charge in [-0.3, -0.25) is 4.79 Å². The van der Waals surface area contributed by atoms with Crippen molar-refractivity contribution < 1.29 is 19.4 Å². The maximum atomic E-state index is 12.5. The van der Waals surface area contributed by atoms with Crippen molar-refractivity contribution in [2.24, 2.45) is 0 Å². The predicted octanol–water partition coefficient (Wildman–Crippen LogP) is 3.38. The summed E-state index contributed by atoms with van der Waals surface area (Å²) < 4.78 is 5.65. The van der Waals surface area contributed by atoms with Gasteiger partial charge in [0.25, 0.3) is 0 Å². The van der Waals surface area contributed by atoms with Crippen LogP contribution in [0, 0.1) is 0 Å². The van der Waals surface area contributed by atoms with Gasteiger partial charge in [-0.05, 0) is 43.5 Å². The molecule has 1 saturated heterocycles. The van der Waals surface area contributed by atoms with Crippen molar-refractivity contribution in [3.05, 3.63) is 45.4 Å². The van der Waals surface area contributed by atoms with Crippen molar-refractivity contribution in [1.82, 2.24) is 9.88 Å². The highest BCUT2D eigenvalue weighted by molar-refractivity contribution is 7.09. The fraction of sp³-hybridized carbons (Fsp3) is 0.389. The summed E-state index contributed by atoms with van der Waals surface area (Å²) in [5, 5.41) is 12.5. The van der Waals surface area contributed by atoms with Gasteiger partial charge in [-0.15, -0.1) is 11.3 Å². The average molecular weight is 395 g/mol. The van der Waals surface area contributed by atoms with Crippen molar-refractivity contribution in [2.45, 2.75) is 38.3 Å². The fourth-order valence-electron chi connectivity index (χ4n) is 2.92. The normalized spacial score (nSPS) is 17.1. The number of likely N-dealkylation sites (tertiary alicyclic amines) is 1. The van der Waals surface area contributed by atoms with Gasteiger partial charge in [0.05, 0.1) is 12.1 Å². The molecule has 1 aliphatic heterocycles. The summed E-state index contributed by atoms with van der Waals surface area (Å²) >= 11 is 7.25. The molecule has 1 fully saturated rings. The minimum Gasteiger partial charge on any atom is -0.486 e. The number of carboxylic acid groups (broad SMARTS) is 1. The van der Waals surface area contributed by atoms with E-state index in [1.165, 1.54) is 16.2 Å². The molecule has 2 heterocycles.